The van der Waals surface area contributed by atoms with E-state index in [1.165, 1.54) is 19.4 Å². The van der Waals surface area contributed by atoms with Crippen molar-refractivity contribution < 1.29 is 9.90 Å². The predicted octanol–water partition coefficient (Wildman–Crippen LogP) is 1.18. The van der Waals surface area contributed by atoms with Gasteiger partial charge in [0.25, 0.3) is 0 Å². The average molecular weight is 271 g/mol. The molecule has 0 spiro atoms. The molecule has 0 radical (unpaired) electrons. The number of hydrogen-bond donors (Lipinski definition) is 3. The lowest BCUT2D eigenvalue weighted by Gasteiger charge is -2.35. The second-order valence-electron chi connectivity index (χ2n) is 5.87. The van der Waals surface area contributed by atoms with E-state index in [0.717, 1.165) is 13.1 Å². The van der Waals surface area contributed by atoms with Gasteiger partial charge in [0.1, 0.15) is 0 Å². The van der Waals surface area contributed by atoms with Gasteiger partial charge in [-0.25, -0.2) is 4.79 Å². The van der Waals surface area contributed by atoms with Crippen LogP contribution < -0.4 is 10.6 Å². The summed E-state index contributed by atoms with van der Waals surface area (Å²) in [6.45, 7) is 9.68. The number of aliphatic hydroxyl groups excluding tert-OH is 1. The topological polar surface area (TPSA) is 64.6 Å². The monoisotopic (exact) mass is 271 g/mol. The van der Waals surface area contributed by atoms with Gasteiger partial charge < -0.3 is 20.6 Å². The lowest BCUT2D eigenvalue weighted by atomic mass is 9.97. The quantitative estimate of drug-likeness (QED) is 0.679. The minimum Gasteiger partial charge on any atom is -0.393 e. The first-order valence-electron chi connectivity index (χ1n) is 7.43. The first-order valence-corrected chi connectivity index (χ1v) is 7.43. The molecule has 0 bridgehead atoms. The van der Waals surface area contributed by atoms with Crippen molar-refractivity contribution in [2.45, 2.75) is 52.2 Å². The molecule has 112 valence electrons. The lowest BCUT2D eigenvalue weighted by molar-refractivity contribution is 0.139. The molecule has 1 fully saturated rings. The molecule has 1 aliphatic rings. The third-order valence-electron chi connectivity index (χ3n) is 3.68. The van der Waals surface area contributed by atoms with E-state index in [2.05, 4.69) is 29.4 Å². The highest BCUT2D eigenvalue weighted by Gasteiger charge is 2.21. The predicted molar refractivity (Wildman–Crippen MR) is 77.1 cm³/mol. The molecule has 1 heterocycles. The fraction of sp³-hybridized carbons (Fsp3) is 0.929. The molecule has 3 N–H and O–H groups in total. The molecule has 0 saturated carbocycles. The molecule has 5 nitrogen and oxygen atoms in total. The Morgan fingerprint density at radius 1 is 1.37 bits per heavy atom. The molecule has 0 aromatic rings. The number of nitrogens with zero attached hydrogens (tertiary/aromatic N) is 1. The Kier molecular flexibility index (Phi) is 7.16. The first kappa shape index (κ1) is 16.2. The first-order chi connectivity index (χ1) is 8.99. The van der Waals surface area contributed by atoms with Crippen molar-refractivity contribution >= 4 is 6.03 Å². The SMILES string of the molecule is CC(O)CCNC(=O)NCC1CCCN(C(C)C)C1. The van der Waals surface area contributed by atoms with Crippen molar-refractivity contribution in [3.63, 3.8) is 0 Å². The number of nitrogens with one attached hydrogen (secondary N) is 2. The van der Waals surface area contributed by atoms with Gasteiger partial charge >= 0.3 is 6.03 Å². The smallest absolute Gasteiger partial charge is 0.314 e. The third-order valence-corrected chi connectivity index (χ3v) is 3.68. The van der Waals surface area contributed by atoms with Gasteiger partial charge in [0.2, 0.25) is 0 Å². The van der Waals surface area contributed by atoms with Crippen molar-refractivity contribution in [1.82, 2.24) is 15.5 Å². The summed E-state index contributed by atoms with van der Waals surface area (Å²) in [5.74, 6) is 0.554. The maximum atomic E-state index is 11.6. The summed E-state index contributed by atoms with van der Waals surface area (Å²) < 4.78 is 0. The van der Waals surface area contributed by atoms with Gasteiger partial charge in [-0.2, -0.15) is 0 Å². The van der Waals surface area contributed by atoms with Crippen LogP contribution in [0, 0.1) is 5.92 Å². The van der Waals surface area contributed by atoms with Crippen LogP contribution in [-0.2, 0) is 0 Å². The van der Waals surface area contributed by atoms with Crippen LogP contribution in [0.25, 0.3) is 0 Å². The van der Waals surface area contributed by atoms with Gasteiger partial charge in [-0.1, -0.05) is 0 Å². The standard InChI is InChI=1S/C14H29N3O2/c1-11(2)17-8-4-5-13(10-17)9-16-14(19)15-7-6-12(3)18/h11-13,18H,4-10H2,1-3H3,(H2,15,16,19). The number of amides is 2. The fourth-order valence-electron chi connectivity index (χ4n) is 2.43. The summed E-state index contributed by atoms with van der Waals surface area (Å²) in [5.41, 5.74) is 0. The number of aliphatic hydroxyl groups is 1. The van der Waals surface area contributed by atoms with Crippen molar-refractivity contribution in [2.75, 3.05) is 26.2 Å². The van der Waals surface area contributed by atoms with Crippen LogP contribution in [0.2, 0.25) is 0 Å². The fourth-order valence-corrected chi connectivity index (χ4v) is 2.43. The lowest BCUT2D eigenvalue weighted by Crippen LogP contribution is -2.45. The van der Waals surface area contributed by atoms with Crippen molar-refractivity contribution in [3.8, 4) is 0 Å². The van der Waals surface area contributed by atoms with E-state index in [4.69, 9.17) is 5.11 Å². The van der Waals surface area contributed by atoms with Crippen LogP contribution in [0.5, 0.6) is 0 Å². The molecule has 2 unspecified atom stereocenters. The molecular formula is C14H29N3O2. The number of carbonyl (C=O) groups is 1. The van der Waals surface area contributed by atoms with E-state index in [1.807, 2.05) is 0 Å². The van der Waals surface area contributed by atoms with Crippen LogP contribution in [0.3, 0.4) is 0 Å². The Morgan fingerprint density at radius 2 is 2.11 bits per heavy atom. The minimum atomic E-state index is -0.363. The van der Waals surface area contributed by atoms with Crippen LogP contribution in [0.15, 0.2) is 0 Å². The molecule has 0 aromatic heterocycles. The Labute approximate surface area is 116 Å². The van der Waals surface area contributed by atoms with Gasteiger partial charge in [0, 0.05) is 25.7 Å². The highest BCUT2D eigenvalue weighted by molar-refractivity contribution is 5.73. The van der Waals surface area contributed by atoms with Gasteiger partial charge in [-0.3, -0.25) is 0 Å². The Morgan fingerprint density at radius 3 is 2.74 bits per heavy atom. The molecule has 2 amide bonds. The highest BCUT2D eigenvalue weighted by Crippen LogP contribution is 2.17. The zero-order valence-electron chi connectivity index (χ0n) is 12.5. The molecular weight excluding hydrogens is 242 g/mol. The summed E-state index contributed by atoms with van der Waals surface area (Å²) in [7, 11) is 0. The molecule has 19 heavy (non-hydrogen) atoms. The molecule has 0 aromatic carbocycles. The van der Waals surface area contributed by atoms with Crippen LogP contribution in [0.4, 0.5) is 4.79 Å². The summed E-state index contributed by atoms with van der Waals surface area (Å²) in [6.07, 6.45) is 2.64. The number of likely N-dealkylation sites (tertiary alicyclic amines) is 1. The zero-order chi connectivity index (χ0) is 14.3. The summed E-state index contributed by atoms with van der Waals surface area (Å²) >= 11 is 0. The summed E-state index contributed by atoms with van der Waals surface area (Å²) in [4.78, 5) is 14.0. The van der Waals surface area contributed by atoms with Crippen molar-refractivity contribution in [3.05, 3.63) is 0 Å². The van der Waals surface area contributed by atoms with Crippen LogP contribution >= 0.6 is 0 Å². The second kappa shape index (κ2) is 8.38. The highest BCUT2D eigenvalue weighted by atomic mass is 16.3. The number of piperidine rings is 1. The van der Waals surface area contributed by atoms with E-state index in [-0.39, 0.29) is 12.1 Å². The number of hydrogen-bond acceptors (Lipinski definition) is 3. The molecule has 2 atom stereocenters. The van der Waals surface area contributed by atoms with E-state index >= 15 is 0 Å². The maximum absolute atomic E-state index is 11.6. The van der Waals surface area contributed by atoms with Gasteiger partial charge in [0.05, 0.1) is 6.10 Å². The molecule has 1 saturated heterocycles. The maximum Gasteiger partial charge on any atom is 0.314 e. The molecule has 0 aliphatic carbocycles. The normalized spacial score (nSPS) is 22.3. The van der Waals surface area contributed by atoms with Crippen molar-refractivity contribution in [1.29, 1.82) is 0 Å². The van der Waals surface area contributed by atoms with Crippen LogP contribution in [0.1, 0.15) is 40.0 Å². The largest absolute Gasteiger partial charge is 0.393 e. The average Bonchev–Trinajstić information content (AvgIpc) is 2.36. The third kappa shape index (κ3) is 6.78. The van der Waals surface area contributed by atoms with Gasteiger partial charge in [-0.15, -0.1) is 0 Å². The minimum absolute atomic E-state index is 0.123. The number of carbonyl (C=O) groups excluding carboxylic acids is 1. The Balaban J connectivity index is 2.15. The molecule has 5 heteroatoms. The van der Waals surface area contributed by atoms with E-state index < -0.39 is 0 Å². The second-order valence-corrected chi connectivity index (χ2v) is 5.87. The summed E-state index contributed by atoms with van der Waals surface area (Å²) in [5, 5.41) is 14.8. The van der Waals surface area contributed by atoms with Crippen molar-refractivity contribution in [2.24, 2.45) is 5.92 Å². The van der Waals surface area contributed by atoms with E-state index in [1.54, 1.807) is 6.92 Å². The number of urea groups is 1. The Bertz CT molecular complexity index is 269. The van der Waals surface area contributed by atoms with Gasteiger partial charge in [-0.05, 0) is 52.5 Å². The van der Waals surface area contributed by atoms with Crippen LogP contribution in [-0.4, -0.2) is 54.4 Å². The van der Waals surface area contributed by atoms with E-state index in [0.29, 0.717) is 24.9 Å². The number of rotatable bonds is 6. The zero-order valence-corrected chi connectivity index (χ0v) is 12.5. The molecule has 1 rings (SSSR count). The Hall–Kier alpha value is -0.810. The molecule has 1 aliphatic heterocycles. The van der Waals surface area contributed by atoms with E-state index in [9.17, 15) is 4.79 Å². The summed E-state index contributed by atoms with van der Waals surface area (Å²) in [6, 6.07) is 0.463. The van der Waals surface area contributed by atoms with Gasteiger partial charge in [0.15, 0.2) is 0 Å².